The number of anilines is 1. The molecule has 5 nitrogen and oxygen atoms in total. The highest BCUT2D eigenvalue weighted by atomic mass is 35.5. The lowest BCUT2D eigenvalue weighted by Gasteiger charge is -2.38. The fourth-order valence-electron chi connectivity index (χ4n) is 4.69. The zero-order valence-electron chi connectivity index (χ0n) is 17.7. The SMILES string of the molecule is Cc1ccc([C@H]2C[C@@H](C(F)(F)F)n3nc(C(=O)N4[C@H](C)CCC[C@@H]4C)c(Cl)c3N2)cc1. The minimum atomic E-state index is -4.53. The van der Waals surface area contributed by atoms with Gasteiger partial charge in [0.2, 0.25) is 0 Å². The number of hydrogen-bond acceptors (Lipinski definition) is 3. The van der Waals surface area contributed by atoms with E-state index in [1.807, 2.05) is 45.0 Å². The molecule has 4 atom stereocenters. The molecule has 2 aromatic rings. The molecule has 0 spiro atoms. The van der Waals surface area contributed by atoms with Crippen molar-refractivity contribution in [1.29, 1.82) is 0 Å². The predicted octanol–water partition coefficient (Wildman–Crippen LogP) is 5.91. The van der Waals surface area contributed by atoms with Gasteiger partial charge in [0, 0.05) is 18.5 Å². The van der Waals surface area contributed by atoms with E-state index in [1.165, 1.54) is 0 Å². The van der Waals surface area contributed by atoms with E-state index in [0.717, 1.165) is 35.1 Å². The Morgan fingerprint density at radius 3 is 2.35 bits per heavy atom. The second-order valence-electron chi connectivity index (χ2n) is 8.70. The van der Waals surface area contributed by atoms with Gasteiger partial charge in [-0.1, -0.05) is 41.4 Å². The number of aromatic nitrogens is 2. The fourth-order valence-corrected chi connectivity index (χ4v) is 4.95. The van der Waals surface area contributed by atoms with Crippen molar-refractivity contribution >= 4 is 23.3 Å². The van der Waals surface area contributed by atoms with Crippen molar-refractivity contribution in [2.45, 2.75) is 76.8 Å². The zero-order chi connectivity index (χ0) is 22.5. The largest absolute Gasteiger partial charge is 0.410 e. The molecular weight excluding hydrogens is 429 g/mol. The van der Waals surface area contributed by atoms with Crippen molar-refractivity contribution in [3.63, 3.8) is 0 Å². The number of rotatable bonds is 2. The minimum absolute atomic E-state index is 0.0160. The van der Waals surface area contributed by atoms with Gasteiger partial charge in [-0.25, -0.2) is 4.68 Å². The van der Waals surface area contributed by atoms with Crippen LogP contribution in [0.15, 0.2) is 24.3 Å². The van der Waals surface area contributed by atoms with Gasteiger partial charge in [0.05, 0.1) is 6.04 Å². The molecule has 3 heterocycles. The van der Waals surface area contributed by atoms with E-state index in [0.29, 0.717) is 0 Å². The molecule has 1 aromatic carbocycles. The van der Waals surface area contributed by atoms with Gasteiger partial charge in [-0.3, -0.25) is 4.79 Å². The molecule has 1 aromatic heterocycles. The lowest BCUT2D eigenvalue weighted by molar-refractivity contribution is -0.173. The zero-order valence-corrected chi connectivity index (χ0v) is 18.5. The van der Waals surface area contributed by atoms with Crippen LogP contribution in [-0.2, 0) is 0 Å². The summed E-state index contributed by atoms with van der Waals surface area (Å²) in [6.07, 6.45) is -2.06. The third-order valence-electron chi connectivity index (χ3n) is 6.41. The summed E-state index contributed by atoms with van der Waals surface area (Å²) < 4.78 is 42.7. The number of fused-ring (bicyclic) bond motifs is 1. The standard InChI is InChI=1S/C22H26ClF3N4O/c1-12-7-9-15(10-8-12)16-11-17(22(24,25)26)30-20(27-16)18(23)19(28-30)21(31)29-13(2)5-4-6-14(29)3/h7-10,13-14,16-17,27H,4-6,11H2,1-3H3/t13-,14+,16-,17+/m1/s1. The third kappa shape index (κ3) is 4.02. The monoisotopic (exact) mass is 454 g/mol. The van der Waals surface area contributed by atoms with E-state index >= 15 is 0 Å². The van der Waals surface area contributed by atoms with Gasteiger partial charge in [-0.15, -0.1) is 0 Å². The second kappa shape index (κ2) is 8.04. The summed E-state index contributed by atoms with van der Waals surface area (Å²) in [5.74, 6) is -0.373. The Balaban J connectivity index is 1.74. The van der Waals surface area contributed by atoms with Crippen LogP contribution < -0.4 is 5.32 Å². The highest BCUT2D eigenvalue weighted by molar-refractivity contribution is 6.36. The summed E-state index contributed by atoms with van der Waals surface area (Å²) in [7, 11) is 0. The fraction of sp³-hybridized carbons (Fsp3) is 0.545. The molecule has 0 unspecified atom stereocenters. The Morgan fingerprint density at radius 1 is 1.16 bits per heavy atom. The van der Waals surface area contributed by atoms with E-state index < -0.39 is 24.2 Å². The number of carbonyl (C=O) groups is 1. The summed E-state index contributed by atoms with van der Waals surface area (Å²) in [5, 5.41) is 7.14. The van der Waals surface area contributed by atoms with Gasteiger partial charge < -0.3 is 10.2 Å². The Kier molecular flexibility index (Phi) is 5.70. The van der Waals surface area contributed by atoms with E-state index in [9.17, 15) is 18.0 Å². The van der Waals surface area contributed by atoms with E-state index in [-0.39, 0.29) is 35.0 Å². The number of hydrogen-bond donors (Lipinski definition) is 1. The van der Waals surface area contributed by atoms with Crippen molar-refractivity contribution in [2.24, 2.45) is 0 Å². The second-order valence-corrected chi connectivity index (χ2v) is 9.08. The van der Waals surface area contributed by atoms with Gasteiger partial charge >= 0.3 is 6.18 Å². The average Bonchev–Trinajstić information content (AvgIpc) is 3.03. The van der Waals surface area contributed by atoms with Crippen molar-refractivity contribution in [3.05, 3.63) is 46.1 Å². The lowest BCUT2D eigenvalue weighted by Crippen LogP contribution is -2.47. The van der Waals surface area contributed by atoms with Gasteiger partial charge in [-0.05, 0) is 45.6 Å². The topological polar surface area (TPSA) is 50.2 Å². The summed E-state index contributed by atoms with van der Waals surface area (Å²) >= 11 is 6.48. The predicted molar refractivity (Wildman–Crippen MR) is 113 cm³/mol. The number of alkyl halides is 3. The number of benzene rings is 1. The number of halogens is 4. The number of nitrogens with zero attached hydrogens (tertiary/aromatic N) is 3. The average molecular weight is 455 g/mol. The first kappa shape index (κ1) is 22.0. The van der Waals surface area contributed by atoms with Crippen molar-refractivity contribution < 1.29 is 18.0 Å². The van der Waals surface area contributed by atoms with Crippen LogP contribution in [0, 0.1) is 6.92 Å². The van der Waals surface area contributed by atoms with Crippen LogP contribution in [0.5, 0.6) is 0 Å². The number of nitrogens with one attached hydrogen (secondary N) is 1. The molecular formula is C22H26ClF3N4O. The highest BCUT2D eigenvalue weighted by Crippen LogP contribution is 2.46. The maximum Gasteiger partial charge on any atom is 0.410 e. The molecule has 2 aliphatic rings. The molecule has 2 aliphatic heterocycles. The molecule has 0 bridgehead atoms. The van der Waals surface area contributed by atoms with Crippen LogP contribution in [-0.4, -0.2) is 38.8 Å². The number of carbonyl (C=O) groups excluding carboxylic acids is 1. The number of piperidine rings is 1. The molecule has 0 aliphatic carbocycles. The van der Waals surface area contributed by atoms with Crippen LogP contribution in [0.25, 0.3) is 0 Å². The highest BCUT2D eigenvalue weighted by Gasteiger charge is 2.48. The Bertz CT molecular complexity index is 962. The molecule has 1 saturated heterocycles. The Morgan fingerprint density at radius 2 is 1.77 bits per heavy atom. The number of amides is 1. The summed E-state index contributed by atoms with van der Waals surface area (Å²) in [6, 6.07) is 4.85. The van der Waals surface area contributed by atoms with Gasteiger partial charge in [-0.2, -0.15) is 18.3 Å². The molecule has 1 fully saturated rings. The molecule has 31 heavy (non-hydrogen) atoms. The molecule has 168 valence electrons. The number of aryl methyl sites for hydroxylation is 1. The quantitative estimate of drug-likeness (QED) is 0.613. The first-order valence-electron chi connectivity index (χ1n) is 10.6. The van der Waals surface area contributed by atoms with E-state index in [1.54, 1.807) is 4.90 Å². The van der Waals surface area contributed by atoms with Gasteiger partial charge in [0.1, 0.15) is 10.8 Å². The van der Waals surface area contributed by atoms with Crippen LogP contribution in [0.2, 0.25) is 5.02 Å². The molecule has 1 N–H and O–H groups in total. The molecule has 0 saturated carbocycles. The van der Waals surface area contributed by atoms with Crippen molar-refractivity contribution in [2.75, 3.05) is 5.32 Å². The van der Waals surface area contributed by atoms with Crippen LogP contribution >= 0.6 is 11.6 Å². The third-order valence-corrected chi connectivity index (χ3v) is 6.76. The maximum atomic E-state index is 14.0. The van der Waals surface area contributed by atoms with E-state index in [4.69, 9.17) is 11.6 Å². The summed E-state index contributed by atoms with van der Waals surface area (Å²) in [6.45, 7) is 5.81. The molecule has 9 heteroatoms. The van der Waals surface area contributed by atoms with E-state index in [2.05, 4.69) is 10.4 Å². The first-order valence-corrected chi connectivity index (χ1v) is 11.0. The van der Waals surface area contributed by atoms with Crippen LogP contribution in [0.1, 0.15) is 73.2 Å². The molecule has 4 rings (SSSR count). The van der Waals surface area contributed by atoms with Crippen molar-refractivity contribution in [1.82, 2.24) is 14.7 Å². The van der Waals surface area contributed by atoms with Gasteiger partial charge in [0.25, 0.3) is 5.91 Å². The van der Waals surface area contributed by atoms with Crippen LogP contribution in [0.4, 0.5) is 19.0 Å². The smallest absolute Gasteiger partial charge is 0.362 e. The maximum absolute atomic E-state index is 14.0. The Labute approximate surface area is 184 Å². The Hall–Kier alpha value is -2.22. The van der Waals surface area contributed by atoms with Crippen LogP contribution in [0.3, 0.4) is 0 Å². The minimum Gasteiger partial charge on any atom is -0.362 e. The summed E-state index contributed by atoms with van der Waals surface area (Å²) in [5.41, 5.74) is 1.63. The number of likely N-dealkylation sites (tertiary alicyclic amines) is 1. The van der Waals surface area contributed by atoms with Gasteiger partial charge in [0.15, 0.2) is 11.7 Å². The molecule has 1 amide bonds. The molecule has 0 radical (unpaired) electrons. The van der Waals surface area contributed by atoms with Crippen molar-refractivity contribution in [3.8, 4) is 0 Å². The normalized spacial score (nSPS) is 26.4. The summed E-state index contributed by atoms with van der Waals surface area (Å²) in [4.78, 5) is 15.0. The first-order chi connectivity index (χ1) is 14.6. The lowest BCUT2D eigenvalue weighted by atomic mass is 9.96.